The second-order valence-electron chi connectivity index (χ2n) is 2.76. The lowest BCUT2D eigenvalue weighted by Crippen LogP contribution is -2.02. The molecule has 14 heavy (non-hydrogen) atoms. The molecule has 0 amide bonds. The lowest BCUT2D eigenvalue weighted by molar-refractivity contribution is 0.145. The Balaban J connectivity index is 2.33. The van der Waals surface area contributed by atoms with E-state index >= 15 is 0 Å². The maximum atomic E-state index is 5.72. The lowest BCUT2D eigenvalue weighted by atomic mass is 10.2. The van der Waals surface area contributed by atoms with Gasteiger partial charge in [0.2, 0.25) is 0 Å². The maximum Gasteiger partial charge on any atom is 0.118 e. The highest BCUT2D eigenvalue weighted by Crippen LogP contribution is 2.07. The summed E-state index contributed by atoms with van der Waals surface area (Å²) in [6, 6.07) is 7.36. The molecule has 0 unspecified atom stereocenters. The van der Waals surface area contributed by atoms with E-state index in [1.165, 1.54) is 0 Å². The third-order valence-corrected chi connectivity index (χ3v) is 1.84. The van der Waals surface area contributed by atoms with Crippen LogP contribution in [0.5, 0.6) is 0 Å². The second kappa shape index (κ2) is 6.40. The predicted octanol–water partition coefficient (Wildman–Crippen LogP) is 2.04. The first-order valence-corrected chi connectivity index (χ1v) is 4.81. The summed E-state index contributed by atoms with van der Waals surface area (Å²) in [5.74, 6) is 0. The Bertz CT molecular complexity index is 285. The average Bonchev–Trinajstić information content (AvgIpc) is 2.21. The first kappa shape index (κ1) is 11.0. The molecule has 2 N–H and O–H groups in total. The number of nitrogens with zero attached hydrogens (tertiary/aromatic N) is 1. The summed E-state index contributed by atoms with van der Waals surface area (Å²) < 4.78 is 0. The molecule has 1 aromatic rings. The summed E-state index contributed by atoms with van der Waals surface area (Å²) in [5.41, 5.74) is 6.25. The molecule has 0 saturated heterocycles. The standard InChI is InChI=1S/C10H13ClN2O/c11-10-4-2-9(3-5-10)8-13-14-7-1-6-12/h2-5,8H,1,6-7,12H2/b13-8+. The number of hydrogen-bond donors (Lipinski definition) is 1. The lowest BCUT2D eigenvalue weighted by Gasteiger charge is -1.96. The molecule has 0 atom stereocenters. The van der Waals surface area contributed by atoms with Gasteiger partial charge in [0, 0.05) is 5.02 Å². The molecule has 0 heterocycles. The topological polar surface area (TPSA) is 47.6 Å². The summed E-state index contributed by atoms with van der Waals surface area (Å²) >= 11 is 5.72. The summed E-state index contributed by atoms with van der Waals surface area (Å²) in [4.78, 5) is 4.96. The van der Waals surface area contributed by atoms with Gasteiger partial charge in [-0.15, -0.1) is 0 Å². The average molecular weight is 213 g/mol. The SMILES string of the molecule is NCCCO/N=C/c1ccc(Cl)cc1. The number of nitrogens with two attached hydrogens (primary N) is 1. The largest absolute Gasteiger partial charge is 0.396 e. The van der Waals surface area contributed by atoms with Gasteiger partial charge in [0.15, 0.2) is 0 Å². The molecule has 3 nitrogen and oxygen atoms in total. The number of rotatable bonds is 5. The number of halogens is 1. The molecule has 0 aliphatic rings. The molecule has 0 aliphatic carbocycles. The fraction of sp³-hybridized carbons (Fsp3) is 0.300. The molecule has 1 aromatic carbocycles. The summed E-state index contributed by atoms with van der Waals surface area (Å²) in [7, 11) is 0. The van der Waals surface area contributed by atoms with Crippen LogP contribution in [0, 0.1) is 0 Å². The summed E-state index contributed by atoms with van der Waals surface area (Å²) in [6.45, 7) is 1.18. The zero-order valence-electron chi connectivity index (χ0n) is 7.82. The van der Waals surface area contributed by atoms with Crippen molar-refractivity contribution < 1.29 is 4.84 Å². The van der Waals surface area contributed by atoms with Gasteiger partial charge in [-0.25, -0.2) is 0 Å². The van der Waals surface area contributed by atoms with E-state index in [-0.39, 0.29) is 0 Å². The molecule has 1 rings (SSSR count). The fourth-order valence-corrected chi connectivity index (χ4v) is 0.974. The van der Waals surface area contributed by atoms with Gasteiger partial charge in [-0.05, 0) is 30.7 Å². The Morgan fingerprint density at radius 2 is 2.07 bits per heavy atom. The molecule has 0 bridgehead atoms. The van der Waals surface area contributed by atoms with Crippen molar-refractivity contribution in [2.75, 3.05) is 13.2 Å². The number of oxime groups is 1. The van der Waals surface area contributed by atoms with Crippen LogP contribution in [-0.4, -0.2) is 19.4 Å². The van der Waals surface area contributed by atoms with E-state index in [9.17, 15) is 0 Å². The highest BCUT2D eigenvalue weighted by Gasteiger charge is 1.88. The van der Waals surface area contributed by atoms with Crippen molar-refractivity contribution in [1.82, 2.24) is 0 Å². The van der Waals surface area contributed by atoms with E-state index in [0.717, 1.165) is 12.0 Å². The quantitative estimate of drug-likeness (QED) is 0.461. The van der Waals surface area contributed by atoms with Crippen LogP contribution >= 0.6 is 11.6 Å². The van der Waals surface area contributed by atoms with Crippen molar-refractivity contribution in [3.63, 3.8) is 0 Å². The van der Waals surface area contributed by atoms with Crippen LogP contribution in [-0.2, 0) is 4.84 Å². The fourth-order valence-electron chi connectivity index (χ4n) is 0.848. The molecular formula is C10H13ClN2O. The molecule has 0 aliphatic heterocycles. The Morgan fingerprint density at radius 1 is 1.36 bits per heavy atom. The van der Waals surface area contributed by atoms with Gasteiger partial charge in [-0.1, -0.05) is 28.9 Å². The minimum atomic E-state index is 0.556. The van der Waals surface area contributed by atoms with Crippen molar-refractivity contribution in [1.29, 1.82) is 0 Å². The minimum absolute atomic E-state index is 0.556. The minimum Gasteiger partial charge on any atom is -0.396 e. The Kier molecular flexibility index (Phi) is 5.04. The summed E-state index contributed by atoms with van der Waals surface area (Å²) in [6.07, 6.45) is 2.46. The Labute approximate surface area is 88.5 Å². The Hall–Kier alpha value is -1.06. The molecule has 76 valence electrons. The van der Waals surface area contributed by atoms with Crippen LogP contribution in [0.15, 0.2) is 29.4 Å². The van der Waals surface area contributed by atoms with Crippen LogP contribution in [0.1, 0.15) is 12.0 Å². The van der Waals surface area contributed by atoms with Crippen molar-refractivity contribution in [2.24, 2.45) is 10.9 Å². The number of benzene rings is 1. The van der Waals surface area contributed by atoms with E-state index in [1.807, 2.05) is 24.3 Å². The molecule has 0 spiro atoms. The zero-order chi connectivity index (χ0) is 10.2. The molecule has 4 heteroatoms. The van der Waals surface area contributed by atoms with Crippen LogP contribution in [0.2, 0.25) is 5.02 Å². The first-order chi connectivity index (χ1) is 6.83. The van der Waals surface area contributed by atoms with Gasteiger partial charge in [-0.2, -0.15) is 0 Å². The van der Waals surface area contributed by atoms with Crippen LogP contribution < -0.4 is 5.73 Å². The molecule has 0 radical (unpaired) electrons. The van der Waals surface area contributed by atoms with Gasteiger partial charge in [0.05, 0.1) is 6.21 Å². The van der Waals surface area contributed by atoms with Crippen molar-refractivity contribution >= 4 is 17.8 Å². The van der Waals surface area contributed by atoms with E-state index in [0.29, 0.717) is 18.2 Å². The predicted molar refractivity (Wildman–Crippen MR) is 58.7 cm³/mol. The smallest absolute Gasteiger partial charge is 0.118 e. The van der Waals surface area contributed by atoms with Crippen LogP contribution in [0.25, 0.3) is 0 Å². The molecular weight excluding hydrogens is 200 g/mol. The van der Waals surface area contributed by atoms with E-state index < -0.39 is 0 Å². The number of hydrogen-bond acceptors (Lipinski definition) is 3. The van der Waals surface area contributed by atoms with Gasteiger partial charge < -0.3 is 10.6 Å². The molecule has 0 saturated carbocycles. The van der Waals surface area contributed by atoms with E-state index in [2.05, 4.69) is 5.16 Å². The van der Waals surface area contributed by atoms with E-state index in [4.69, 9.17) is 22.2 Å². The van der Waals surface area contributed by atoms with Gasteiger partial charge >= 0.3 is 0 Å². The van der Waals surface area contributed by atoms with Gasteiger partial charge in [-0.3, -0.25) is 0 Å². The highest BCUT2D eigenvalue weighted by molar-refractivity contribution is 6.30. The third kappa shape index (κ3) is 4.25. The third-order valence-electron chi connectivity index (χ3n) is 1.59. The second-order valence-corrected chi connectivity index (χ2v) is 3.20. The first-order valence-electron chi connectivity index (χ1n) is 4.44. The zero-order valence-corrected chi connectivity index (χ0v) is 8.57. The van der Waals surface area contributed by atoms with E-state index in [1.54, 1.807) is 6.21 Å². The van der Waals surface area contributed by atoms with Crippen molar-refractivity contribution in [3.8, 4) is 0 Å². The molecule has 0 aromatic heterocycles. The molecule has 0 fully saturated rings. The summed E-state index contributed by atoms with van der Waals surface area (Å²) in [5, 5.41) is 4.50. The Morgan fingerprint density at radius 3 is 2.71 bits per heavy atom. The highest BCUT2D eigenvalue weighted by atomic mass is 35.5. The normalized spacial score (nSPS) is 10.7. The van der Waals surface area contributed by atoms with Crippen molar-refractivity contribution in [2.45, 2.75) is 6.42 Å². The maximum absolute atomic E-state index is 5.72. The van der Waals surface area contributed by atoms with Crippen molar-refractivity contribution in [3.05, 3.63) is 34.9 Å². The van der Waals surface area contributed by atoms with Crippen LogP contribution in [0.3, 0.4) is 0 Å². The van der Waals surface area contributed by atoms with Crippen LogP contribution in [0.4, 0.5) is 0 Å². The van der Waals surface area contributed by atoms with Gasteiger partial charge in [0.1, 0.15) is 6.61 Å². The monoisotopic (exact) mass is 212 g/mol. The van der Waals surface area contributed by atoms with Gasteiger partial charge in [0.25, 0.3) is 0 Å².